The molecule has 0 aromatic heterocycles. The lowest BCUT2D eigenvalue weighted by atomic mass is 9.98. The van der Waals surface area contributed by atoms with Gasteiger partial charge in [-0.25, -0.2) is 4.79 Å². The van der Waals surface area contributed by atoms with Gasteiger partial charge in [0.05, 0.1) is 25.5 Å². The van der Waals surface area contributed by atoms with Gasteiger partial charge < -0.3 is 19.5 Å². The van der Waals surface area contributed by atoms with Crippen LogP contribution >= 0.6 is 0 Å². The lowest BCUT2D eigenvalue weighted by Crippen LogP contribution is -2.31. The summed E-state index contributed by atoms with van der Waals surface area (Å²) in [6.45, 7) is 0.323. The molecular weight excluding hydrogens is 498 g/mol. The van der Waals surface area contributed by atoms with Crippen molar-refractivity contribution in [3.8, 4) is 16.9 Å². The standard InChI is InChI=1S/C30H37N3O6/c1-37-30(36)33-28(31)22-11-9-20(10-12-22)21-13-15-25(16-14-21)38-19-24-17-23(29(35)32-24)18-27(34)39-26-7-5-3-2-4-6-8-26/h9-16,23-24,26H,2-8,17-19H2,1H3,(H,32,35)(H2,31,33,36)/t23-,24-/m0/s1. The number of alkyl carbamates (subject to hydrolysis) is 1. The molecule has 3 N–H and O–H groups in total. The molecule has 0 radical (unpaired) electrons. The Labute approximate surface area is 229 Å². The number of hydrogen-bond donors (Lipinski definition) is 3. The minimum Gasteiger partial charge on any atom is -0.491 e. The molecule has 1 aliphatic heterocycles. The summed E-state index contributed by atoms with van der Waals surface area (Å²) in [6.07, 6.45) is 7.64. The van der Waals surface area contributed by atoms with Crippen LogP contribution in [0.15, 0.2) is 48.5 Å². The van der Waals surface area contributed by atoms with Gasteiger partial charge in [0, 0.05) is 5.56 Å². The summed E-state index contributed by atoms with van der Waals surface area (Å²) in [7, 11) is 1.25. The Hall–Kier alpha value is -3.88. The second kappa shape index (κ2) is 13.8. The van der Waals surface area contributed by atoms with Crippen molar-refractivity contribution in [2.24, 2.45) is 5.92 Å². The Kier molecular flexibility index (Phi) is 9.94. The summed E-state index contributed by atoms with van der Waals surface area (Å²) in [4.78, 5) is 36.2. The van der Waals surface area contributed by atoms with E-state index in [1.807, 2.05) is 36.4 Å². The summed E-state index contributed by atoms with van der Waals surface area (Å²) in [5, 5.41) is 13.2. The van der Waals surface area contributed by atoms with Crippen LogP contribution in [0.4, 0.5) is 4.79 Å². The molecule has 1 heterocycles. The third-order valence-corrected chi connectivity index (χ3v) is 7.27. The number of hydrogen-bond acceptors (Lipinski definition) is 7. The van der Waals surface area contributed by atoms with E-state index in [9.17, 15) is 14.4 Å². The monoisotopic (exact) mass is 535 g/mol. The maximum atomic E-state index is 12.5. The number of carbonyl (C=O) groups is 3. The van der Waals surface area contributed by atoms with Crippen LogP contribution in [0.5, 0.6) is 5.75 Å². The number of amides is 2. The first-order chi connectivity index (χ1) is 18.9. The van der Waals surface area contributed by atoms with Crippen LogP contribution in [0.25, 0.3) is 11.1 Å². The van der Waals surface area contributed by atoms with E-state index in [2.05, 4.69) is 15.4 Å². The predicted octanol–water partition coefficient (Wildman–Crippen LogP) is 4.96. The zero-order valence-electron chi connectivity index (χ0n) is 22.4. The van der Waals surface area contributed by atoms with E-state index < -0.39 is 6.09 Å². The van der Waals surface area contributed by atoms with Gasteiger partial charge in [-0.05, 0) is 55.4 Å². The van der Waals surface area contributed by atoms with Crippen LogP contribution in [0, 0.1) is 11.3 Å². The van der Waals surface area contributed by atoms with Crippen LogP contribution in [0.2, 0.25) is 0 Å². The molecular formula is C30H37N3O6. The Morgan fingerprint density at radius 1 is 0.949 bits per heavy atom. The average molecular weight is 536 g/mol. The molecule has 208 valence electrons. The van der Waals surface area contributed by atoms with Crippen LogP contribution in [-0.4, -0.2) is 49.7 Å². The van der Waals surface area contributed by atoms with Gasteiger partial charge >= 0.3 is 12.1 Å². The Morgan fingerprint density at radius 2 is 1.56 bits per heavy atom. The highest BCUT2D eigenvalue weighted by Gasteiger charge is 2.34. The lowest BCUT2D eigenvalue weighted by Gasteiger charge is -2.20. The first-order valence-corrected chi connectivity index (χ1v) is 13.7. The van der Waals surface area contributed by atoms with Crippen molar-refractivity contribution in [3.05, 3.63) is 54.1 Å². The van der Waals surface area contributed by atoms with Crippen molar-refractivity contribution < 1.29 is 28.6 Å². The second-order valence-electron chi connectivity index (χ2n) is 10.2. The van der Waals surface area contributed by atoms with E-state index in [0.717, 1.165) is 36.8 Å². The molecule has 9 heteroatoms. The van der Waals surface area contributed by atoms with Gasteiger partial charge in [-0.1, -0.05) is 55.7 Å². The van der Waals surface area contributed by atoms with Gasteiger partial charge in [-0.3, -0.25) is 20.3 Å². The fourth-order valence-electron chi connectivity index (χ4n) is 5.08. The number of amidine groups is 1. The number of rotatable bonds is 8. The SMILES string of the molecule is COC(=O)NC(=N)c1ccc(-c2ccc(OC[C@@H]3C[C@@H](CC(=O)OC4CCCCCCC4)C(=O)N3)cc2)cc1. The number of methoxy groups -OCH3 is 1. The first kappa shape index (κ1) is 28.1. The fraction of sp³-hybridized carbons (Fsp3) is 0.467. The van der Waals surface area contributed by atoms with Crippen molar-refractivity contribution in [2.75, 3.05) is 13.7 Å². The van der Waals surface area contributed by atoms with Crippen molar-refractivity contribution in [1.82, 2.24) is 10.6 Å². The van der Waals surface area contributed by atoms with Gasteiger partial charge in [-0.15, -0.1) is 0 Å². The number of ether oxygens (including phenoxy) is 3. The molecule has 0 spiro atoms. The van der Waals surface area contributed by atoms with Crippen LogP contribution in [-0.2, 0) is 19.1 Å². The van der Waals surface area contributed by atoms with Gasteiger partial charge in [0.2, 0.25) is 5.91 Å². The van der Waals surface area contributed by atoms with Gasteiger partial charge in [0.25, 0.3) is 0 Å². The van der Waals surface area contributed by atoms with Crippen molar-refractivity contribution >= 4 is 23.8 Å². The molecule has 1 saturated carbocycles. The molecule has 4 rings (SSSR count). The minimum absolute atomic E-state index is 0.0145. The molecule has 1 aliphatic carbocycles. The van der Waals surface area contributed by atoms with Gasteiger partial charge in [0.15, 0.2) is 0 Å². The quantitative estimate of drug-likeness (QED) is 0.249. The van der Waals surface area contributed by atoms with Crippen molar-refractivity contribution in [1.29, 1.82) is 5.41 Å². The van der Waals surface area contributed by atoms with E-state index in [4.69, 9.17) is 14.9 Å². The molecule has 2 aromatic rings. The fourth-order valence-corrected chi connectivity index (χ4v) is 5.08. The summed E-state index contributed by atoms with van der Waals surface area (Å²) in [5.41, 5.74) is 2.49. The van der Waals surface area contributed by atoms with Crippen LogP contribution in [0.1, 0.15) is 63.4 Å². The lowest BCUT2D eigenvalue weighted by molar-refractivity contribution is -0.152. The summed E-state index contributed by atoms with van der Waals surface area (Å²) < 4.78 is 16.1. The smallest absolute Gasteiger partial charge is 0.412 e. The Morgan fingerprint density at radius 3 is 2.21 bits per heavy atom. The molecule has 39 heavy (non-hydrogen) atoms. The Balaban J connectivity index is 1.22. The highest BCUT2D eigenvalue weighted by atomic mass is 16.5. The van der Waals surface area contributed by atoms with E-state index in [1.54, 1.807) is 12.1 Å². The third kappa shape index (κ3) is 8.30. The number of esters is 1. The second-order valence-corrected chi connectivity index (χ2v) is 10.2. The topological polar surface area (TPSA) is 127 Å². The van der Waals surface area contributed by atoms with E-state index >= 15 is 0 Å². The summed E-state index contributed by atoms with van der Waals surface area (Å²) in [6, 6.07) is 14.7. The Bertz CT molecular complexity index is 1140. The molecule has 0 bridgehead atoms. The number of benzene rings is 2. The van der Waals surface area contributed by atoms with E-state index in [1.165, 1.54) is 26.4 Å². The molecule has 2 fully saturated rings. The highest BCUT2D eigenvalue weighted by Crippen LogP contribution is 2.26. The molecule has 2 aromatic carbocycles. The van der Waals surface area contributed by atoms with Crippen molar-refractivity contribution in [3.63, 3.8) is 0 Å². The molecule has 0 unspecified atom stereocenters. The zero-order valence-corrected chi connectivity index (χ0v) is 22.4. The van der Waals surface area contributed by atoms with E-state index in [-0.39, 0.29) is 42.2 Å². The maximum Gasteiger partial charge on any atom is 0.412 e. The normalized spacial score (nSPS) is 19.8. The molecule has 2 atom stereocenters. The van der Waals surface area contributed by atoms with Crippen LogP contribution < -0.4 is 15.4 Å². The summed E-state index contributed by atoms with van der Waals surface area (Å²) >= 11 is 0. The molecule has 1 saturated heterocycles. The van der Waals surface area contributed by atoms with Gasteiger partial charge in [0.1, 0.15) is 24.3 Å². The highest BCUT2D eigenvalue weighted by molar-refractivity contribution is 6.04. The largest absolute Gasteiger partial charge is 0.491 e. The molecule has 2 amide bonds. The van der Waals surface area contributed by atoms with Crippen LogP contribution in [0.3, 0.4) is 0 Å². The zero-order chi connectivity index (χ0) is 27.6. The maximum absolute atomic E-state index is 12.5. The summed E-state index contributed by atoms with van der Waals surface area (Å²) in [5.74, 6) is -0.130. The average Bonchev–Trinajstić information content (AvgIpc) is 3.27. The number of nitrogens with one attached hydrogen (secondary N) is 3. The first-order valence-electron chi connectivity index (χ1n) is 13.7. The molecule has 2 aliphatic rings. The number of carbonyl (C=O) groups excluding carboxylic acids is 3. The van der Waals surface area contributed by atoms with Gasteiger partial charge in [-0.2, -0.15) is 0 Å². The van der Waals surface area contributed by atoms with E-state index in [0.29, 0.717) is 24.3 Å². The minimum atomic E-state index is -0.685. The molecule has 9 nitrogen and oxygen atoms in total. The third-order valence-electron chi connectivity index (χ3n) is 7.27. The predicted molar refractivity (Wildman–Crippen MR) is 147 cm³/mol. The van der Waals surface area contributed by atoms with Crippen molar-refractivity contribution in [2.45, 2.75) is 69.9 Å².